The molecule has 0 unspecified atom stereocenters. The van der Waals surface area contributed by atoms with Crippen molar-refractivity contribution >= 4 is 5.91 Å². The lowest BCUT2D eigenvalue weighted by atomic mass is 10.1. The largest absolute Gasteiger partial charge is 0.390 e. The Kier molecular flexibility index (Phi) is 3.00. The average Bonchev–Trinajstić information content (AvgIpc) is 2.46. The Bertz CT molecular complexity index is 222. The SMILES string of the molecule is O=C1CCN([C@@H]2CNC[C@H]2O)CCN1. The summed E-state index contributed by atoms with van der Waals surface area (Å²) < 4.78 is 0. The van der Waals surface area contributed by atoms with Crippen molar-refractivity contribution in [2.24, 2.45) is 0 Å². The molecule has 2 saturated heterocycles. The van der Waals surface area contributed by atoms with Crippen molar-refractivity contribution in [3.63, 3.8) is 0 Å². The van der Waals surface area contributed by atoms with Crippen LogP contribution < -0.4 is 10.6 Å². The Morgan fingerprint density at radius 3 is 2.93 bits per heavy atom. The summed E-state index contributed by atoms with van der Waals surface area (Å²) in [6, 6.07) is 0.183. The first kappa shape index (κ1) is 9.89. The summed E-state index contributed by atoms with van der Waals surface area (Å²) in [7, 11) is 0. The molecule has 2 atom stereocenters. The number of carbonyl (C=O) groups excluding carboxylic acids is 1. The second-order valence-electron chi connectivity index (χ2n) is 3.93. The first-order valence-corrected chi connectivity index (χ1v) is 5.17. The van der Waals surface area contributed by atoms with Crippen LogP contribution in [0.1, 0.15) is 6.42 Å². The van der Waals surface area contributed by atoms with Crippen molar-refractivity contribution in [3.8, 4) is 0 Å². The van der Waals surface area contributed by atoms with Gasteiger partial charge in [0, 0.05) is 45.2 Å². The highest BCUT2D eigenvalue weighted by Crippen LogP contribution is 2.10. The van der Waals surface area contributed by atoms with Gasteiger partial charge in [0.1, 0.15) is 0 Å². The molecule has 2 aliphatic rings. The Balaban J connectivity index is 1.93. The quantitative estimate of drug-likeness (QED) is 0.463. The van der Waals surface area contributed by atoms with Gasteiger partial charge in [0.05, 0.1) is 6.10 Å². The maximum absolute atomic E-state index is 11.1. The van der Waals surface area contributed by atoms with Gasteiger partial charge in [0.15, 0.2) is 0 Å². The molecule has 1 amide bonds. The fourth-order valence-electron chi connectivity index (χ4n) is 2.14. The molecule has 2 fully saturated rings. The minimum absolute atomic E-state index is 0.118. The fraction of sp³-hybridized carbons (Fsp3) is 0.889. The highest BCUT2D eigenvalue weighted by molar-refractivity contribution is 5.76. The highest BCUT2D eigenvalue weighted by Gasteiger charge is 2.31. The molecule has 0 radical (unpaired) electrons. The summed E-state index contributed by atoms with van der Waals surface area (Å²) in [4.78, 5) is 13.3. The van der Waals surface area contributed by atoms with Crippen molar-refractivity contribution < 1.29 is 9.90 Å². The molecular formula is C9H17N3O2. The molecule has 0 spiro atoms. The van der Waals surface area contributed by atoms with Gasteiger partial charge in [-0.3, -0.25) is 9.69 Å². The zero-order valence-electron chi connectivity index (χ0n) is 8.20. The lowest BCUT2D eigenvalue weighted by Gasteiger charge is -2.28. The molecule has 5 nitrogen and oxygen atoms in total. The van der Waals surface area contributed by atoms with Gasteiger partial charge in [-0.05, 0) is 0 Å². The van der Waals surface area contributed by atoms with E-state index in [-0.39, 0.29) is 18.1 Å². The summed E-state index contributed by atoms with van der Waals surface area (Å²) >= 11 is 0. The maximum atomic E-state index is 11.1. The molecule has 0 aromatic heterocycles. The van der Waals surface area contributed by atoms with Crippen molar-refractivity contribution in [2.75, 3.05) is 32.7 Å². The van der Waals surface area contributed by atoms with Gasteiger partial charge in [0.2, 0.25) is 5.91 Å². The van der Waals surface area contributed by atoms with E-state index < -0.39 is 0 Å². The van der Waals surface area contributed by atoms with Crippen LogP contribution in [0.2, 0.25) is 0 Å². The summed E-state index contributed by atoms with van der Waals surface area (Å²) in [5.41, 5.74) is 0. The summed E-state index contributed by atoms with van der Waals surface area (Å²) in [6.45, 7) is 3.80. The number of hydrogen-bond acceptors (Lipinski definition) is 4. The summed E-state index contributed by atoms with van der Waals surface area (Å²) in [5, 5.41) is 15.7. The summed E-state index contributed by atoms with van der Waals surface area (Å²) in [6.07, 6.45) is 0.256. The molecule has 5 heteroatoms. The number of nitrogens with zero attached hydrogens (tertiary/aromatic N) is 1. The smallest absolute Gasteiger partial charge is 0.221 e. The van der Waals surface area contributed by atoms with E-state index in [1.165, 1.54) is 0 Å². The van der Waals surface area contributed by atoms with Crippen LogP contribution in [0.15, 0.2) is 0 Å². The van der Waals surface area contributed by atoms with Crippen LogP contribution in [0.5, 0.6) is 0 Å². The van der Waals surface area contributed by atoms with Crippen LogP contribution >= 0.6 is 0 Å². The summed E-state index contributed by atoms with van der Waals surface area (Å²) in [5.74, 6) is 0.118. The number of aliphatic hydroxyl groups is 1. The van der Waals surface area contributed by atoms with Gasteiger partial charge in [-0.15, -0.1) is 0 Å². The van der Waals surface area contributed by atoms with Crippen LogP contribution in [-0.2, 0) is 4.79 Å². The minimum Gasteiger partial charge on any atom is -0.390 e. The monoisotopic (exact) mass is 199 g/mol. The molecule has 3 N–H and O–H groups in total. The van der Waals surface area contributed by atoms with E-state index in [2.05, 4.69) is 15.5 Å². The van der Waals surface area contributed by atoms with Crippen LogP contribution in [-0.4, -0.2) is 60.8 Å². The molecule has 0 aliphatic carbocycles. The topological polar surface area (TPSA) is 64.6 Å². The third kappa shape index (κ3) is 2.05. The van der Waals surface area contributed by atoms with E-state index in [1.807, 2.05) is 0 Å². The Labute approximate surface area is 83.5 Å². The van der Waals surface area contributed by atoms with Crippen molar-refractivity contribution in [3.05, 3.63) is 0 Å². The molecule has 14 heavy (non-hydrogen) atoms. The van der Waals surface area contributed by atoms with E-state index in [0.717, 1.165) is 19.6 Å². The third-order valence-electron chi connectivity index (χ3n) is 2.97. The van der Waals surface area contributed by atoms with E-state index in [9.17, 15) is 9.90 Å². The van der Waals surface area contributed by atoms with Gasteiger partial charge in [-0.25, -0.2) is 0 Å². The fourth-order valence-corrected chi connectivity index (χ4v) is 2.14. The van der Waals surface area contributed by atoms with Crippen molar-refractivity contribution in [2.45, 2.75) is 18.6 Å². The molecule has 0 saturated carbocycles. The molecule has 2 aliphatic heterocycles. The minimum atomic E-state index is -0.289. The number of β-amino-alcohol motifs (C(OH)–C–C–N with tert-alkyl or cyclic N) is 1. The first-order chi connectivity index (χ1) is 6.77. The zero-order chi connectivity index (χ0) is 9.97. The van der Waals surface area contributed by atoms with Gasteiger partial charge in [-0.1, -0.05) is 0 Å². The second-order valence-corrected chi connectivity index (χ2v) is 3.93. The van der Waals surface area contributed by atoms with E-state index in [4.69, 9.17) is 0 Å². The molecular weight excluding hydrogens is 182 g/mol. The molecule has 0 bridgehead atoms. The molecule has 0 aromatic rings. The Morgan fingerprint density at radius 1 is 1.36 bits per heavy atom. The lowest BCUT2D eigenvalue weighted by molar-refractivity contribution is -0.120. The van der Waals surface area contributed by atoms with Gasteiger partial charge < -0.3 is 15.7 Å². The first-order valence-electron chi connectivity index (χ1n) is 5.17. The lowest BCUT2D eigenvalue weighted by Crippen LogP contribution is -2.44. The molecule has 0 aromatic carbocycles. The number of amides is 1. The number of rotatable bonds is 1. The number of nitrogens with one attached hydrogen (secondary N) is 2. The van der Waals surface area contributed by atoms with Crippen LogP contribution in [0.3, 0.4) is 0 Å². The van der Waals surface area contributed by atoms with Crippen LogP contribution in [0.25, 0.3) is 0 Å². The molecule has 80 valence electrons. The number of aliphatic hydroxyl groups excluding tert-OH is 1. The zero-order valence-corrected chi connectivity index (χ0v) is 8.20. The average molecular weight is 199 g/mol. The number of carbonyl (C=O) groups is 1. The standard InChI is InChI=1S/C9H17N3O2/c13-8-6-10-5-7(8)12-3-1-9(14)11-2-4-12/h7-8,10,13H,1-6H2,(H,11,14)/t7-,8-/m1/s1. The predicted molar refractivity (Wildman–Crippen MR) is 51.9 cm³/mol. The van der Waals surface area contributed by atoms with E-state index in [0.29, 0.717) is 19.5 Å². The highest BCUT2D eigenvalue weighted by atomic mass is 16.3. The normalized spacial score (nSPS) is 35.4. The Morgan fingerprint density at radius 2 is 2.21 bits per heavy atom. The van der Waals surface area contributed by atoms with Gasteiger partial charge in [0.25, 0.3) is 0 Å². The molecule has 2 rings (SSSR count). The van der Waals surface area contributed by atoms with Crippen LogP contribution in [0.4, 0.5) is 0 Å². The van der Waals surface area contributed by atoms with Crippen molar-refractivity contribution in [1.82, 2.24) is 15.5 Å². The maximum Gasteiger partial charge on any atom is 0.221 e. The van der Waals surface area contributed by atoms with Crippen LogP contribution in [0, 0.1) is 0 Å². The number of hydrogen-bond donors (Lipinski definition) is 3. The second kappa shape index (κ2) is 4.25. The Hall–Kier alpha value is -0.650. The third-order valence-corrected chi connectivity index (χ3v) is 2.97. The predicted octanol–water partition coefficient (Wildman–Crippen LogP) is -1.86. The molecule has 2 heterocycles. The van der Waals surface area contributed by atoms with E-state index >= 15 is 0 Å². The van der Waals surface area contributed by atoms with E-state index in [1.54, 1.807) is 0 Å². The van der Waals surface area contributed by atoms with Gasteiger partial charge in [-0.2, -0.15) is 0 Å². The van der Waals surface area contributed by atoms with Crippen molar-refractivity contribution in [1.29, 1.82) is 0 Å². The van der Waals surface area contributed by atoms with Gasteiger partial charge >= 0.3 is 0 Å².